The maximum atomic E-state index is 12.3. The van der Waals surface area contributed by atoms with Gasteiger partial charge in [0.15, 0.2) is 0 Å². The van der Waals surface area contributed by atoms with E-state index in [0.29, 0.717) is 18.0 Å². The van der Waals surface area contributed by atoms with E-state index < -0.39 is 0 Å². The second kappa shape index (κ2) is 7.46. The van der Waals surface area contributed by atoms with Gasteiger partial charge in [0.1, 0.15) is 0 Å². The first-order valence-electron chi connectivity index (χ1n) is 6.61. The van der Waals surface area contributed by atoms with Crippen LogP contribution in [0.15, 0.2) is 18.3 Å². The number of nitrogens with two attached hydrogens (primary N) is 1. The van der Waals surface area contributed by atoms with Crippen molar-refractivity contribution in [3.05, 3.63) is 29.6 Å². The van der Waals surface area contributed by atoms with Crippen LogP contribution < -0.4 is 5.73 Å². The molecular weight excluding hydrogens is 262 g/mol. The van der Waals surface area contributed by atoms with Crippen LogP contribution in [0, 0.1) is 5.92 Å². The largest absolute Gasteiger partial charge is 0.341 e. The molecule has 0 spiro atoms. The summed E-state index contributed by atoms with van der Waals surface area (Å²) in [6, 6.07) is 3.54. The number of hydrogen-bond acceptors (Lipinski definition) is 3. The van der Waals surface area contributed by atoms with Crippen LogP contribution in [-0.2, 0) is 6.54 Å². The second-order valence-corrected chi connectivity index (χ2v) is 5.08. The Labute approximate surface area is 120 Å². The van der Waals surface area contributed by atoms with Crippen LogP contribution in [0.5, 0.6) is 0 Å². The average molecular weight is 284 g/mol. The van der Waals surface area contributed by atoms with Crippen molar-refractivity contribution in [2.75, 3.05) is 13.6 Å². The summed E-state index contributed by atoms with van der Waals surface area (Å²) < 4.78 is 0. The highest BCUT2D eigenvalue weighted by molar-refractivity contribution is 5.94. The first-order chi connectivity index (χ1) is 8.70. The van der Waals surface area contributed by atoms with Crippen LogP contribution in [0.2, 0.25) is 0 Å². The van der Waals surface area contributed by atoms with E-state index >= 15 is 0 Å². The van der Waals surface area contributed by atoms with Gasteiger partial charge in [0, 0.05) is 31.9 Å². The highest BCUT2D eigenvalue weighted by Gasteiger charge is 2.20. The molecule has 0 aromatic carbocycles. The Morgan fingerprint density at radius 2 is 2.16 bits per heavy atom. The van der Waals surface area contributed by atoms with Crippen molar-refractivity contribution in [3.8, 4) is 0 Å². The zero-order valence-electron chi connectivity index (χ0n) is 11.3. The molecule has 1 aromatic heterocycles. The van der Waals surface area contributed by atoms with Gasteiger partial charge in [0.25, 0.3) is 5.91 Å². The van der Waals surface area contributed by atoms with Gasteiger partial charge in [-0.1, -0.05) is 12.8 Å². The number of pyridine rings is 1. The third-order valence-electron chi connectivity index (χ3n) is 3.63. The molecular formula is C14H22ClN3O. The van der Waals surface area contributed by atoms with Crippen molar-refractivity contribution in [1.82, 2.24) is 9.88 Å². The Morgan fingerprint density at radius 3 is 2.79 bits per heavy atom. The Balaban J connectivity index is 0.00000180. The molecule has 0 radical (unpaired) electrons. The van der Waals surface area contributed by atoms with E-state index in [1.807, 2.05) is 11.9 Å². The maximum absolute atomic E-state index is 12.3. The molecule has 1 fully saturated rings. The van der Waals surface area contributed by atoms with Gasteiger partial charge in [-0.15, -0.1) is 12.4 Å². The number of carbonyl (C=O) groups is 1. The normalized spacial score (nSPS) is 15.1. The summed E-state index contributed by atoms with van der Waals surface area (Å²) in [6.45, 7) is 1.23. The topological polar surface area (TPSA) is 59.2 Å². The minimum absolute atomic E-state index is 0. The van der Waals surface area contributed by atoms with Crippen molar-refractivity contribution >= 4 is 18.3 Å². The van der Waals surface area contributed by atoms with Crippen molar-refractivity contribution in [1.29, 1.82) is 0 Å². The van der Waals surface area contributed by atoms with E-state index in [-0.39, 0.29) is 18.3 Å². The molecule has 0 aliphatic heterocycles. The first-order valence-corrected chi connectivity index (χ1v) is 6.61. The fourth-order valence-electron chi connectivity index (χ4n) is 2.61. The summed E-state index contributed by atoms with van der Waals surface area (Å²) in [6.07, 6.45) is 6.77. The van der Waals surface area contributed by atoms with Crippen LogP contribution in [0.3, 0.4) is 0 Å². The molecule has 0 atom stereocenters. The lowest BCUT2D eigenvalue weighted by Crippen LogP contribution is -2.31. The molecule has 0 saturated heterocycles. The summed E-state index contributed by atoms with van der Waals surface area (Å²) in [5.41, 5.74) is 6.99. The Kier molecular flexibility index (Phi) is 6.25. The van der Waals surface area contributed by atoms with Crippen molar-refractivity contribution in [2.24, 2.45) is 11.7 Å². The fourth-order valence-corrected chi connectivity index (χ4v) is 2.61. The maximum Gasteiger partial charge on any atom is 0.253 e. The van der Waals surface area contributed by atoms with Gasteiger partial charge in [-0.25, -0.2) is 0 Å². The number of aromatic nitrogens is 1. The van der Waals surface area contributed by atoms with Gasteiger partial charge in [-0.2, -0.15) is 0 Å². The number of rotatable bonds is 4. The Bertz CT molecular complexity index is 419. The van der Waals surface area contributed by atoms with E-state index in [1.165, 1.54) is 25.7 Å². The van der Waals surface area contributed by atoms with E-state index in [1.54, 1.807) is 18.3 Å². The van der Waals surface area contributed by atoms with Crippen LogP contribution in [0.1, 0.15) is 41.7 Å². The summed E-state index contributed by atoms with van der Waals surface area (Å²) in [5, 5.41) is 0. The zero-order valence-corrected chi connectivity index (χ0v) is 12.2. The van der Waals surface area contributed by atoms with Gasteiger partial charge < -0.3 is 10.6 Å². The molecule has 0 bridgehead atoms. The lowest BCUT2D eigenvalue weighted by Gasteiger charge is -2.21. The zero-order chi connectivity index (χ0) is 13.0. The van der Waals surface area contributed by atoms with Crippen molar-refractivity contribution in [2.45, 2.75) is 32.2 Å². The molecule has 2 N–H and O–H groups in total. The lowest BCUT2D eigenvalue weighted by atomic mass is 10.1. The number of carbonyl (C=O) groups excluding carboxylic acids is 1. The molecule has 19 heavy (non-hydrogen) atoms. The molecule has 5 heteroatoms. The van der Waals surface area contributed by atoms with Crippen LogP contribution in [0.25, 0.3) is 0 Å². The van der Waals surface area contributed by atoms with Gasteiger partial charge >= 0.3 is 0 Å². The molecule has 1 aliphatic rings. The molecule has 106 valence electrons. The molecule has 0 unspecified atom stereocenters. The van der Waals surface area contributed by atoms with Crippen LogP contribution >= 0.6 is 12.4 Å². The van der Waals surface area contributed by atoms with E-state index in [9.17, 15) is 4.79 Å². The summed E-state index contributed by atoms with van der Waals surface area (Å²) in [7, 11) is 1.88. The first kappa shape index (κ1) is 15.9. The predicted molar refractivity (Wildman–Crippen MR) is 78.3 cm³/mol. The minimum atomic E-state index is 0. The van der Waals surface area contributed by atoms with Crippen molar-refractivity contribution < 1.29 is 4.79 Å². The van der Waals surface area contributed by atoms with Crippen LogP contribution in [-0.4, -0.2) is 29.4 Å². The third-order valence-corrected chi connectivity index (χ3v) is 3.63. The third kappa shape index (κ3) is 4.18. The highest BCUT2D eigenvalue weighted by Crippen LogP contribution is 2.25. The Morgan fingerprint density at radius 1 is 1.47 bits per heavy atom. The van der Waals surface area contributed by atoms with E-state index in [0.717, 1.165) is 12.2 Å². The summed E-state index contributed by atoms with van der Waals surface area (Å²) in [4.78, 5) is 18.2. The summed E-state index contributed by atoms with van der Waals surface area (Å²) >= 11 is 0. The number of hydrogen-bond donors (Lipinski definition) is 1. The lowest BCUT2D eigenvalue weighted by molar-refractivity contribution is 0.0773. The van der Waals surface area contributed by atoms with Gasteiger partial charge in [-0.3, -0.25) is 9.78 Å². The highest BCUT2D eigenvalue weighted by atomic mass is 35.5. The van der Waals surface area contributed by atoms with Gasteiger partial charge in [0.05, 0.1) is 5.69 Å². The monoisotopic (exact) mass is 283 g/mol. The van der Waals surface area contributed by atoms with Gasteiger partial charge in [-0.05, 0) is 30.9 Å². The number of nitrogens with zero attached hydrogens (tertiary/aromatic N) is 2. The molecule has 1 amide bonds. The minimum Gasteiger partial charge on any atom is -0.341 e. The molecule has 1 saturated carbocycles. The van der Waals surface area contributed by atoms with Crippen LogP contribution in [0.4, 0.5) is 0 Å². The molecule has 4 nitrogen and oxygen atoms in total. The van der Waals surface area contributed by atoms with Crippen molar-refractivity contribution in [3.63, 3.8) is 0 Å². The number of halogens is 1. The SMILES string of the molecule is CN(CC1CCCC1)C(=O)c1ccnc(CN)c1.Cl. The second-order valence-electron chi connectivity index (χ2n) is 5.08. The quantitative estimate of drug-likeness (QED) is 0.922. The average Bonchev–Trinajstić information content (AvgIpc) is 2.90. The van der Waals surface area contributed by atoms with E-state index in [4.69, 9.17) is 5.73 Å². The molecule has 2 rings (SSSR count). The summed E-state index contributed by atoms with van der Waals surface area (Å²) in [5.74, 6) is 0.744. The smallest absolute Gasteiger partial charge is 0.253 e. The number of amides is 1. The van der Waals surface area contributed by atoms with Gasteiger partial charge in [0.2, 0.25) is 0 Å². The molecule has 1 aromatic rings. The fraction of sp³-hybridized carbons (Fsp3) is 0.571. The standard InChI is InChI=1S/C14H21N3O.ClH/c1-17(10-11-4-2-3-5-11)14(18)12-6-7-16-13(8-12)9-15;/h6-8,11H,2-5,9-10,15H2,1H3;1H. The molecule has 1 heterocycles. The Hall–Kier alpha value is -1.13. The predicted octanol–water partition coefficient (Wildman–Crippen LogP) is 2.22. The van der Waals surface area contributed by atoms with E-state index in [2.05, 4.69) is 4.98 Å². The molecule has 1 aliphatic carbocycles.